The van der Waals surface area contributed by atoms with Crippen molar-refractivity contribution in [3.05, 3.63) is 35.5 Å². The standard InChI is InChI=1S/C13H14F3N3O/c1-2-3-4-10(17)13-18-12(19-20-13)7-5-8(14)11(16)9(15)6-7/h5-6,10H,2-4,17H2,1H3/t10-/m0/s1. The van der Waals surface area contributed by atoms with Crippen molar-refractivity contribution in [3.63, 3.8) is 0 Å². The van der Waals surface area contributed by atoms with Crippen LogP contribution >= 0.6 is 0 Å². The molecule has 0 radical (unpaired) electrons. The van der Waals surface area contributed by atoms with Crippen LogP contribution in [0.1, 0.15) is 38.1 Å². The average Bonchev–Trinajstić information content (AvgIpc) is 2.91. The molecule has 0 saturated carbocycles. The third-order valence-electron chi connectivity index (χ3n) is 2.87. The van der Waals surface area contributed by atoms with Crippen molar-refractivity contribution in [2.45, 2.75) is 32.2 Å². The van der Waals surface area contributed by atoms with Gasteiger partial charge in [-0.25, -0.2) is 13.2 Å². The normalized spacial score (nSPS) is 12.7. The van der Waals surface area contributed by atoms with E-state index in [1.165, 1.54) is 0 Å². The molecule has 1 aromatic heterocycles. The predicted octanol–water partition coefficient (Wildman–Crippen LogP) is 3.34. The summed E-state index contributed by atoms with van der Waals surface area (Å²) in [6.07, 6.45) is 2.55. The fourth-order valence-corrected chi connectivity index (χ4v) is 1.74. The fraction of sp³-hybridized carbons (Fsp3) is 0.385. The van der Waals surface area contributed by atoms with Crippen LogP contribution in [0.15, 0.2) is 16.7 Å². The molecular formula is C13H14F3N3O. The maximum atomic E-state index is 13.1. The Morgan fingerprint density at radius 1 is 1.25 bits per heavy atom. The molecule has 0 aliphatic rings. The SMILES string of the molecule is CCCC[C@H](N)c1nc(-c2cc(F)c(F)c(F)c2)no1. The molecule has 0 aliphatic heterocycles. The van der Waals surface area contributed by atoms with Crippen molar-refractivity contribution in [1.29, 1.82) is 0 Å². The van der Waals surface area contributed by atoms with Gasteiger partial charge < -0.3 is 10.3 Å². The van der Waals surface area contributed by atoms with E-state index < -0.39 is 23.5 Å². The van der Waals surface area contributed by atoms with Gasteiger partial charge in [0.25, 0.3) is 0 Å². The third kappa shape index (κ3) is 2.98. The number of nitrogens with two attached hydrogens (primary N) is 1. The summed E-state index contributed by atoms with van der Waals surface area (Å²) < 4.78 is 44.1. The summed E-state index contributed by atoms with van der Waals surface area (Å²) in [5.74, 6) is -3.97. The van der Waals surface area contributed by atoms with E-state index in [1.54, 1.807) is 0 Å². The highest BCUT2D eigenvalue weighted by Gasteiger charge is 2.18. The number of hydrogen-bond donors (Lipinski definition) is 1. The monoisotopic (exact) mass is 285 g/mol. The second-order valence-electron chi connectivity index (χ2n) is 4.46. The van der Waals surface area contributed by atoms with E-state index >= 15 is 0 Å². The van der Waals surface area contributed by atoms with Crippen molar-refractivity contribution in [2.24, 2.45) is 5.73 Å². The van der Waals surface area contributed by atoms with Crippen LogP contribution in [0, 0.1) is 17.5 Å². The van der Waals surface area contributed by atoms with Gasteiger partial charge in [-0.05, 0) is 18.6 Å². The number of nitrogens with zero attached hydrogens (tertiary/aromatic N) is 2. The molecule has 108 valence electrons. The maximum Gasteiger partial charge on any atom is 0.243 e. The molecule has 2 aromatic rings. The molecule has 0 aliphatic carbocycles. The van der Waals surface area contributed by atoms with Gasteiger partial charge in [-0.2, -0.15) is 4.98 Å². The van der Waals surface area contributed by atoms with Crippen LogP contribution in [0.25, 0.3) is 11.4 Å². The van der Waals surface area contributed by atoms with Crippen LogP contribution in [0.3, 0.4) is 0 Å². The van der Waals surface area contributed by atoms with E-state index in [1.807, 2.05) is 6.92 Å². The van der Waals surface area contributed by atoms with Crippen LogP contribution < -0.4 is 5.73 Å². The molecule has 20 heavy (non-hydrogen) atoms. The summed E-state index contributed by atoms with van der Waals surface area (Å²) in [6.45, 7) is 2.02. The minimum Gasteiger partial charge on any atom is -0.337 e. The molecule has 1 atom stereocenters. The number of hydrogen-bond acceptors (Lipinski definition) is 4. The molecule has 2 rings (SSSR count). The summed E-state index contributed by atoms with van der Waals surface area (Å²) in [4.78, 5) is 3.99. The minimum absolute atomic E-state index is 0.000841. The van der Waals surface area contributed by atoms with E-state index in [-0.39, 0.29) is 17.3 Å². The van der Waals surface area contributed by atoms with Gasteiger partial charge in [0.1, 0.15) is 0 Å². The van der Waals surface area contributed by atoms with Gasteiger partial charge in [0.2, 0.25) is 11.7 Å². The molecule has 0 amide bonds. The molecule has 0 fully saturated rings. The van der Waals surface area contributed by atoms with Crippen molar-refractivity contribution in [2.75, 3.05) is 0 Å². The van der Waals surface area contributed by atoms with Crippen LogP contribution in [0.5, 0.6) is 0 Å². The van der Waals surface area contributed by atoms with Crippen molar-refractivity contribution >= 4 is 0 Å². The van der Waals surface area contributed by atoms with Crippen LogP contribution in [-0.2, 0) is 0 Å². The van der Waals surface area contributed by atoms with Crippen molar-refractivity contribution in [1.82, 2.24) is 10.1 Å². The van der Waals surface area contributed by atoms with Gasteiger partial charge in [0, 0.05) is 5.56 Å². The Morgan fingerprint density at radius 3 is 2.50 bits per heavy atom. The zero-order valence-electron chi connectivity index (χ0n) is 10.9. The minimum atomic E-state index is -1.53. The summed E-state index contributed by atoms with van der Waals surface area (Å²) in [5.41, 5.74) is 5.85. The Hall–Kier alpha value is -1.89. The topological polar surface area (TPSA) is 64.9 Å². The highest BCUT2D eigenvalue weighted by atomic mass is 19.2. The molecule has 0 saturated heterocycles. The summed E-state index contributed by atoms with van der Waals surface area (Å²) in [5, 5.41) is 3.61. The first-order valence-corrected chi connectivity index (χ1v) is 6.27. The van der Waals surface area contributed by atoms with E-state index in [4.69, 9.17) is 10.3 Å². The second-order valence-corrected chi connectivity index (χ2v) is 4.46. The first-order valence-electron chi connectivity index (χ1n) is 6.27. The molecular weight excluding hydrogens is 271 g/mol. The fourth-order valence-electron chi connectivity index (χ4n) is 1.74. The lowest BCUT2D eigenvalue weighted by atomic mass is 10.1. The number of unbranched alkanes of at least 4 members (excludes halogenated alkanes) is 1. The van der Waals surface area contributed by atoms with Gasteiger partial charge in [0.05, 0.1) is 6.04 Å². The zero-order valence-corrected chi connectivity index (χ0v) is 10.9. The second kappa shape index (κ2) is 6.04. The summed E-state index contributed by atoms with van der Waals surface area (Å²) in [6, 6.07) is 1.20. The lowest BCUT2D eigenvalue weighted by molar-refractivity contribution is 0.346. The van der Waals surface area contributed by atoms with E-state index in [2.05, 4.69) is 10.1 Å². The van der Waals surface area contributed by atoms with Gasteiger partial charge in [-0.3, -0.25) is 0 Å². The highest BCUT2D eigenvalue weighted by Crippen LogP contribution is 2.23. The lowest BCUT2D eigenvalue weighted by Gasteiger charge is -2.03. The van der Waals surface area contributed by atoms with E-state index in [0.29, 0.717) is 6.42 Å². The average molecular weight is 285 g/mol. The van der Waals surface area contributed by atoms with Crippen molar-refractivity contribution < 1.29 is 17.7 Å². The number of aromatic nitrogens is 2. The Balaban J connectivity index is 2.24. The maximum absolute atomic E-state index is 13.1. The van der Waals surface area contributed by atoms with Gasteiger partial charge in [0.15, 0.2) is 17.5 Å². The largest absolute Gasteiger partial charge is 0.337 e. The molecule has 4 nitrogen and oxygen atoms in total. The Labute approximate surface area is 113 Å². The summed E-state index contributed by atoms with van der Waals surface area (Å²) >= 11 is 0. The lowest BCUT2D eigenvalue weighted by Crippen LogP contribution is -2.10. The zero-order chi connectivity index (χ0) is 14.7. The third-order valence-corrected chi connectivity index (χ3v) is 2.87. The molecule has 0 unspecified atom stereocenters. The van der Waals surface area contributed by atoms with Crippen LogP contribution in [-0.4, -0.2) is 10.1 Å². The first kappa shape index (κ1) is 14.5. The van der Waals surface area contributed by atoms with E-state index in [0.717, 1.165) is 25.0 Å². The van der Waals surface area contributed by atoms with Gasteiger partial charge >= 0.3 is 0 Å². The van der Waals surface area contributed by atoms with Gasteiger partial charge in [-0.15, -0.1) is 0 Å². The Morgan fingerprint density at radius 2 is 1.90 bits per heavy atom. The number of halogens is 3. The molecule has 0 spiro atoms. The molecule has 7 heteroatoms. The molecule has 2 N–H and O–H groups in total. The quantitative estimate of drug-likeness (QED) is 0.856. The first-order chi connectivity index (χ1) is 9.52. The van der Waals surface area contributed by atoms with Gasteiger partial charge in [-0.1, -0.05) is 24.9 Å². The van der Waals surface area contributed by atoms with Crippen molar-refractivity contribution in [3.8, 4) is 11.4 Å². The number of benzene rings is 1. The van der Waals surface area contributed by atoms with Crippen LogP contribution in [0.4, 0.5) is 13.2 Å². The predicted molar refractivity (Wildman–Crippen MR) is 66.1 cm³/mol. The number of rotatable bonds is 5. The van der Waals surface area contributed by atoms with Crippen LogP contribution in [0.2, 0.25) is 0 Å². The van der Waals surface area contributed by atoms with E-state index in [9.17, 15) is 13.2 Å². The Bertz CT molecular complexity index is 577. The molecule has 0 bridgehead atoms. The smallest absolute Gasteiger partial charge is 0.243 e. The highest BCUT2D eigenvalue weighted by molar-refractivity contribution is 5.54. The molecule has 1 aromatic carbocycles. The Kier molecular flexibility index (Phi) is 4.39. The summed E-state index contributed by atoms with van der Waals surface area (Å²) in [7, 11) is 0. The molecule has 1 heterocycles.